The van der Waals surface area contributed by atoms with Gasteiger partial charge in [0.1, 0.15) is 11.5 Å². The Morgan fingerprint density at radius 2 is 1.89 bits per heavy atom. The summed E-state index contributed by atoms with van der Waals surface area (Å²) in [5.74, 6) is -0.398. The fourth-order valence-electron chi connectivity index (χ4n) is 1.57. The minimum absolute atomic E-state index is 0.0405. The third-order valence-electron chi connectivity index (χ3n) is 2.66. The van der Waals surface area contributed by atoms with E-state index in [1.165, 1.54) is 24.3 Å². The van der Waals surface area contributed by atoms with Gasteiger partial charge in [0.05, 0.1) is 10.6 Å². The van der Waals surface area contributed by atoms with Crippen molar-refractivity contribution in [3.8, 4) is 11.5 Å². The molecule has 2 aromatic carbocycles. The van der Waals surface area contributed by atoms with Gasteiger partial charge >= 0.3 is 0 Å². The SMILES string of the molecule is Cc1ccc(NC(=O)c2cc(O)ccc2Cl)cc1O. The zero-order valence-electron chi connectivity index (χ0n) is 10.1. The van der Waals surface area contributed by atoms with E-state index < -0.39 is 5.91 Å². The molecule has 0 unspecified atom stereocenters. The monoisotopic (exact) mass is 277 g/mol. The first-order chi connectivity index (χ1) is 8.97. The second kappa shape index (κ2) is 5.20. The van der Waals surface area contributed by atoms with Gasteiger partial charge in [0.15, 0.2) is 0 Å². The molecular weight excluding hydrogens is 266 g/mol. The topological polar surface area (TPSA) is 69.6 Å². The largest absolute Gasteiger partial charge is 0.508 e. The molecule has 19 heavy (non-hydrogen) atoms. The van der Waals surface area contributed by atoms with Crippen molar-refractivity contribution in [2.24, 2.45) is 0 Å². The van der Waals surface area contributed by atoms with E-state index in [1.807, 2.05) is 0 Å². The lowest BCUT2D eigenvalue weighted by Gasteiger charge is -2.08. The van der Waals surface area contributed by atoms with Crippen molar-refractivity contribution in [3.63, 3.8) is 0 Å². The molecule has 0 aliphatic rings. The molecule has 1 amide bonds. The quantitative estimate of drug-likeness (QED) is 0.789. The van der Waals surface area contributed by atoms with Crippen LogP contribution < -0.4 is 5.32 Å². The number of aryl methyl sites for hydroxylation is 1. The molecule has 2 aromatic rings. The Labute approximate surface area is 115 Å². The summed E-state index contributed by atoms with van der Waals surface area (Å²) in [6, 6.07) is 8.93. The van der Waals surface area contributed by atoms with Crippen LogP contribution in [0.4, 0.5) is 5.69 Å². The number of anilines is 1. The number of benzene rings is 2. The molecule has 0 radical (unpaired) electrons. The summed E-state index contributed by atoms with van der Waals surface area (Å²) in [7, 11) is 0. The van der Waals surface area contributed by atoms with Crippen LogP contribution >= 0.6 is 11.6 Å². The van der Waals surface area contributed by atoms with E-state index in [2.05, 4.69) is 5.32 Å². The lowest BCUT2D eigenvalue weighted by Crippen LogP contribution is -2.12. The van der Waals surface area contributed by atoms with E-state index in [0.29, 0.717) is 11.3 Å². The highest BCUT2D eigenvalue weighted by atomic mass is 35.5. The number of halogens is 1. The second-order valence-electron chi connectivity index (χ2n) is 4.12. The molecule has 0 atom stereocenters. The molecule has 0 aliphatic carbocycles. The van der Waals surface area contributed by atoms with Gasteiger partial charge in [-0.2, -0.15) is 0 Å². The van der Waals surface area contributed by atoms with Crippen LogP contribution in [0.15, 0.2) is 36.4 Å². The number of hydrogen-bond donors (Lipinski definition) is 3. The number of phenols is 2. The van der Waals surface area contributed by atoms with Crippen molar-refractivity contribution < 1.29 is 15.0 Å². The van der Waals surface area contributed by atoms with Crippen LogP contribution in [0.25, 0.3) is 0 Å². The van der Waals surface area contributed by atoms with Crippen LogP contribution in [0.3, 0.4) is 0 Å². The van der Waals surface area contributed by atoms with Crippen molar-refractivity contribution in [1.29, 1.82) is 0 Å². The zero-order chi connectivity index (χ0) is 14.0. The third-order valence-corrected chi connectivity index (χ3v) is 2.99. The first-order valence-electron chi connectivity index (χ1n) is 5.57. The Hall–Kier alpha value is -2.20. The molecule has 4 nitrogen and oxygen atoms in total. The number of hydrogen-bond acceptors (Lipinski definition) is 3. The molecule has 0 aromatic heterocycles. The smallest absolute Gasteiger partial charge is 0.257 e. The van der Waals surface area contributed by atoms with E-state index in [-0.39, 0.29) is 22.1 Å². The molecule has 0 aliphatic heterocycles. The van der Waals surface area contributed by atoms with Crippen molar-refractivity contribution in [3.05, 3.63) is 52.5 Å². The number of aromatic hydroxyl groups is 2. The maximum Gasteiger partial charge on any atom is 0.257 e. The minimum atomic E-state index is -0.454. The lowest BCUT2D eigenvalue weighted by atomic mass is 10.1. The molecule has 0 fully saturated rings. The number of amides is 1. The van der Waals surface area contributed by atoms with E-state index in [9.17, 15) is 15.0 Å². The Balaban J connectivity index is 2.25. The normalized spacial score (nSPS) is 10.2. The molecule has 0 bridgehead atoms. The lowest BCUT2D eigenvalue weighted by molar-refractivity contribution is 0.102. The van der Waals surface area contributed by atoms with Gasteiger partial charge in [0.25, 0.3) is 5.91 Å². The van der Waals surface area contributed by atoms with Crippen LogP contribution in [0.2, 0.25) is 5.02 Å². The van der Waals surface area contributed by atoms with Crippen molar-refractivity contribution >= 4 is 23.2 Å². The number of phenolic OH excluding ortho intramolecular Hbond substituents is 2. The van der Waals surface area contributed by atoms with Crippen molar-refractivity contribution in [1.82, 2.24) is 0 Å². The fraction of sp³-hybridized carbons (Fsp3) is 0.0714. The fourth-order valence-corrected chi connectivity index (χ4v) is 1.78. The van der Waals surface area contributed by atoms with E-state index in [4.69, 9.17) is 11.6 Å². The summed E-state index contributed by atoms with van der Waals surface area (Å²) in [5.41, 5.74) is 1.34. The summed E-state index contributed by atoms with van der Waals surface area (Å²) >= 11 is 5.89. The predicted molar refractivity (Wildman–Crippen MR) is 73.9 cm³/mol. The van der Waals surface area contributed by atoms with Crippen molar-refractivity contribution in [2.75, 3.05) is 5.32 Å². The van der Waals surface area contributed by atoms with Gasteiger partial charge in [-0.25, -0.2) is 0 Å². The summed E-state index contributed by atoms with van der Waals surface area (Å²) in [6.07, 6.45) is 0. The van der Waals surface area contributed by atoms with E-state index in [1.54, 1.807) is 19.1 Å². The van der Waals surface area contributed by atoms with Crippen molar-refractivity contribution in [2.45, 2.75) is 6.92 Å². The molecule has 2 rings (SSSR count). The highest BCUT2D eigenvalue weighted by Crippen LogP contribution is 2.24. The van der Waals surface area contributed by atoms with E-state index >= 15 is 0 Å². The molecule has 98 valence electrons. The summed E-state index contributed by atoms with van der Waals surface area (Å²) in [6.45, 7) is 1.76. The molecule has 0 saturated heterocycles. The first kappa shape index (κ1) is 13.2. The third kappa shape index (κ3) is 2.98. The highest BCUT2D eigenvalue weighted by Gasteiger charge is 2.12. The standard InChI is InChI=1S/C14H12ClNO3/c1-8-2-3-9(6-13(8)18)16-14(19)11-7-10(17)4-5-12(11)15/h2-7,17-18H,1H3,(H,16,19). The zero-order valence-corrected chi connectivity index (χ0v) is 10.9. The second-order valence-corrected chi connectivity index (χ2v) is 4.53. The van der Waals surface area contributed by atoms with Gasteiger partial charge < -0.3 is 15.5 Å². The first-order valence-corrected chi connectivity index (χ1v) is 5.94. The van der Waals surface area contributed by atoms with Crippen LogP contribution in [0.5, 0.6) is 11.5 Å². The van der Waals surface area contributed by atoms with Gasteiger partial charge in [0, 0.05) is 11.8 Å². The minimum Gasteiger partial charge on any atom is -0.508 e. The molecule has 0 saturated carbocycles. The summed E-state index contributed by atoms with van der Waals surface area (Å²) < 4.78 is 0. The van der Waals surface area contributed by atoms with Crippen LogP contribution in [-0.4, -0.2) is 16.1 Å². The van der Waals surface area contributed by atoms with Crippen LogP contribution in [0.1, 0.15) is 15.9 Å². The Kier molecular flexibility index (Phi) is 3.62. The molecule has 3 N–H and O–H groups in total. The van der Waals surface area contributed by atoms with Crippen LogP contribution in [0, 0.1) is 6.92 Å². The van der Waals surface area contributed by atoms with Crippen LogP contribution in [-0.2, 0) is 0 Å². The van der Waals surface area contributed by atoms with Gasteiger partial charge in [0.2, 0.25) is 0 Å². The number of carbonyl (C=O) groups is 1. The molecule has 0 spiro atoms. The number of rotatable bonds is 2. The maximum atomic E-state index is 12.0. The van der Waals surface area contributed by atoms with Gasteiger partial charge in [-0.3, -0.25) is 4.79 Å². The summed E-state index contributed by atoms with van der Waals surface area (Å²) in [5, 5.41) is 21.8. The molecule has 0 heterocycles. The van der Waals surface area contributed by atoms with Gasteiger partial charge in [-0.05, 0) is 36.8 Å². The average molecular weight is 278 g/mol. The Bertz CT molecular complexity index is 641. The Morgan fingerprint density at radius 1 is 1.16 bits per heavy atom. The average Bonchev–Trinajstić information content (AvgIpc) is 2.36. The molecular formula is C14H12ClNO3. The number of nitrogens with one attached hydrogen (secondary N) is 1. The highest BCUT2D eigenvalue weighted by molar-refractivity contribution is 6.34. The van der Waals surface area contributed by atoms with E-state index in [0.717, 1.165) is 0 Å². The summed E-state index contributed by atoms with van der Waals surface area (Å²) in [4.78, 5) is 12.0. The van der Waals surface area contributed by atoms with Gasteiger partial charge in [-0.1, -0.05) is 17.7 Å². The molecule has 5 heteroatoms. The van der Waals surface area contributed by atoms with Gasteiger partial charge in [-0.15, -0.1) is 0 Å². The number of carbonyl (C=O) groups excluding carboxylic acids is 1. The Morgan fingerprint density at radius 3 is 2.58 bits per heavy atom. The predicted octanol–water partition coefficient (Wildman–Crippen LogP) is 3.31. The maximum absolute atomic E-state index is 12.0.